The number of pyridine rings is 1. The Kier molecular flexibility index (Phi) is 6.57. The highest BCUT2D eigenvalue weighted by molar-refractivity contribution is 8.26. The number of hydrogen-bond donors (Lipinski definition) is 0. The molecule has 0 saturated carbocycles. The fourth-order valence-electron chi connectivity index (χ4n) is 4.85. The fourth-order valence-corrected chi connectivity index (χ4v) is 6.14. The number of rotatable bonds is 6. The van der Waals surface area contributed by atoms with Crippen LogP contribution >= 0.6 is 24.0 Å². The van der Waals surface area contributed by atoms with Crippen molar-refractivity contribution < 1.29 is 4.79 Å². The Morgan fingerprint density at radius 1 is 1.00 bits per heavy atom. The smallest absolute Gasteiger partial charge is 0.266 e. The van der Waals surface area contributed by atoms with Crippen LogP contribution in [0.25, 0.3) is 17.0 Å². The zero-order valence-corrected chi connectivity index (χ0v) is 20.8. The molecule has 3 heterocycles. The highest BCUT2D eigenvalue weighted by Crippen LogP contribution is 2.37. The topological polar surface area (TPSA) is 45.6 Å². The lowest BCUT2D eigenvalue weighted by Gasteiger charge is -2.24. The Hall–Kier alpha value is -2.90. The molecule has 0 atom stereocenters. The van der Waals surface area contributed by atoms with E-state index in [4.69, 9.17) is 12.2 Å². The summed E-state index contributed by atoms with van der Waals surface area (Å²) in [5.74, 6) is -0.117. The number of aromatic nitrogens is 1. The van der Waals surface area contributed by atoms with Crippen molar-refractivity contribution in [3.63, 3.8) is 0 Å². The van der Waals surface area contributed by atoms with Crippen molar-refractivity contribution in [2.45, 2.75) is 32.7 Å². The van der Waals surface area contributed by atoms with Crippen LogP contribution in [0.4, 0.5) is 5.69 Å². The molecule has 174 valence electrons. The van der Waals surface area contributed by atoms with Crippen molar-refractivity contribution >= 4 is 56.9 Å². The highest BCUT2D eigenvalue weighted by atomic mass is 32.2. The summed E-state index contributed by atoms with van der Waals surface area (Å²) in [6, 6.07) is 18.2. The molecule has 1 amide bonds. The first-order valence-electron chi connectivity index (χ1n) is 11.8. The number of hydrogen-bond acceptors (Lipinski definition) is 5. The molecular formula is C27H27N3O2S2. The number of anilines is 1. The van der Waals surface area contributed by atoms with E-state index in [0.29, 0.717) is 27.9 Å². The van der Waals surface area contributed by atoms with Crippen LogP contribution < -0.4 is 10.5 Å². The lowest BCUT2D eigenvalue weighted by atomic mass is 10.1. The van der Waals surface area contributed by atoms with Crippen LogP contribution in [0.3, 0.4) is 0 Å². The monoisotopic (exact) mass is 489 g/mol. The second-order valence-electron chi connectivity index (χ2n) is 8.59. The molecule has 3 aromatic rings. The summed E-state index contributed by atoms with van der Waals surface area (Å²) in [5.41, 5.74) is 3.57. The summed E-state index contributed by atoms with van der Waals surface area (Å²) in [6.07, 6.45) is 4.73. The van der Waals surface area contributed by atoms with Gasteiger partial charge >= 0.3 is 0 Å². The van der Waals surface area contributed by atoms with Gasteiger partial charge in [-0.25, -0.2) is 0 Å². The van der Waals surface area contributed by atoms with E-state index in [-0.39, 0.29) is 11.5 Å². The first-order chi connectivity index (χ1) is 16.6. The maximum Gasteiger partial charge on any atom is 0.266 e. The maximum absolute atomic E-state index is 13.7. The number of amides is 1. The predicted molar refractivity (Wildman–Crippen MR) is 145 cm³/mol. The molecule has 0 spiro atoms. The number of thiocarbonyl (C=S) groups is 1. The van der Waals surface area contributed by atoms with Crippen LogP contribution in [0.15, 0.2) is 64.3 Å². The summed E-state index contributed by atoms with van der Waals surface area (Å²) in [4.78, 5) is 31.5. The quantitative estimate of drug-likeness (QED) is 0.358. The Labute approximate surface area is 209 Å². The lowest BCUT2D eigenvalue weighted by molar-refractivity contribution is -0.122. The second-order valence-corrected chi connectivity index (χ2v) is 10.3. The van der Waals surface area contributed by atoms with Gasteiger partial charge in [0.2, 0.25) is 0 Å². The predicted octanol–water partition coefficient (Wildman–Crippen LogP) is 5.07. The van der Waals surface area contributed by atoms with Crippen LogP contribution in [-0.2, 0) is 17.8 Å². The number of benzene rings is 2. The van der Waals surface area contributed by atoms with E-state index in [0.717, 1.165) is 54.5 Å². The molecule has 1 aromatic heterocycles. The third kappa shape index (κ3) is 4.18. The number of carbonyl (C=O) groups is 1. The average molecular weight is 490 g/mol. The molecule has 34 heavy (non-hydrogen) atoms. The molecule has 0 N–H and O–H groups in total. The van der Waals surface area contributed by atoms with Crippen molar-refractivity contribution in [3.05, 3.63) is 81.0 Å². The zero-order chi connectivity index (χ0) is 23.7. The minimum absolute atomic E-state index is 0.0577. The molecule has 0 radical (unpaired) electrons. The van der Waals surface area contributed by atoms with Crippen LogP contribution in [0.5, 0.6) is 0 Å². The van der Waals surface area contributed by atoms with Gasteiger partial charge in [-0.2, -0.15) is 0 Å². The Morgan fingerprint density at radius 3 is 2.44 bits per heavy atom. The zero-order valence-electron chi connectivity index (χ0n) is 19.2. The minimum atomic E-state index is -0.117. The summed E-state index contributed by atoms with van der Waals surface area (Å²) >= 11 is 6.85. The summed E-state index contributed by atoms with van der Waals surface area (Å²) in [7, 11) is 0. The van der Waals surface area contributed by atoms with E-state index in [9.17, 15) is 9.59 Å². The van der Waals surface area contributed by atoms with E-state index in [1.165, 1.54) is 11.8 Å². The normalized spacial score (nSPS) is 17.5. The molecular weight excluding hydrogens is 462 g/mol. The standard InChI is InChI=1S/C27H27N3O2S2/c1-2-29-22-13-7-6-12-20(22)24(28-15-8-9-16-28)21(25(29)31)18-23-26(32)30(27(33)34-23)17-14-19-10-4-3-5-11-19/h3-7,10-13,18H,2,8-9,14-17H2,1H3. The maximum atomic E-state index is 13.7. The van der Waals surface area contributed by atoms with Crippen molar-refractivity contribution in [3.8, 4) is 0 Å². The van der Waals surface area contributed by atoms with Gasteiger partial charge in [0.25, 0.3) is 11.5 Å². The summed E-state index contributed by atoms with van der Waals surface area (Å²) < 4.78 is 2.35. The number of carbonyl (C=O) groups excluding carboxylic acids is 1. The van der Waals surface area contributed by atoms with Crippen molar-refractivity contribution in [2.24, 2.45) is 0 Å². The number of para-hydroxylation sites is 1. The molecule has 5 nitrogen and oxygen atoms in total. The SMILES string of the molecule is CCn1c(=O)c(C=C2SC(=S)N(CCc3ccccc3)C2=O)c(N2CCCC2)c2ccccc21. The van der Waals surface area contributed by atoms with Gasteiger partial charge in [-0.15, -0.1) is 0 Å². The van der Waals surface area contributed by atoms with Gasteiger partial charge in [0.15, 0.2) is 0 Å². The van der Waals surface area contributed by atoms with Crippen LogP contribution in [0.1, 0.15) is 30.9 Å². The van der Waals surface area contributed by atoms with Gasteiger partial charge in [-0.05, 0) is 43.9 Å². The number of aryl methyl sites for hydroxylation is 1. The largest absolute Gasteiger partial charge is 0.370 e. The molecule has 0 aliphatic carbocycles. The van der Waals surface area contributed by atoms with Crippen LogP contribution in [0, 0.1) is 0 Å². The van der Waals surface area contributed by atoms with E-state index >= 15 is 0 Å². The van der Waals surface area contributed by atoms with Crippen molar-refractivity contribution in [2.75, 3.05) is 24.5 Å². The first kappa shape index (κ1) is 22.9. The Balaban J connectivity index is 1.56. The molecule has 2 aliphatic heterocycles. The van der Waals surface area contributed by atoms with Gasteiger partial charge in [0.1, 0.15) is 4.32 Å². The van der Waals surface area contributed by atoms with Gasteiger partial charge in [-0.3, -0.25) is 14.5 Å². The molecule has 2 aromatic carbocycles. The number of fused-ring (bicyclic) bond motifs is 1. The average Bonchev–Trinajstić information content (AvgIpc) is 3.47. The number of nitrogens with zero attached hydrogens (tertiary/aromatic N) is 3. The summed E-state index contributed by atoms with van der Waals surface area (Å²) in [5, 5.41) is 1.05. The van der Waals surface area contributed by atoms with Crippen LogP contribution in [-0.4, -0.2) is 39.3 Å². The third-order valence-electron chi connectivity index (χ3n) is 6.54. The van der Waals surface area contributed by atoms with Gasteiger partial charge in [0, 0.05) is 31.6 Å². The van der Waals surface area contributed by atoms with Crippen molar-refractivity contribution in [1.29, 1.82) is 0 Å². The second kappa shape index (κ2) is 9.76. The van der Waals surface area contributed by atoms with Crippen LogP contribution in [0.2, 0.25) is 0 Å². The van der Waals surface area contributed by atoms with E-state index in [1.807, 2.05) is 43.3 Å². The fraction of sp³-hybridized carbons (Fsp3) is 0.296. The minimum Gasteiger partial charge on any atom is -0.370 e. The third-order valence-corrected chi connectivity index (χ3v) is 7.91. The van der Waals surface area contributed by atoms with E-state index in [1.54, 1.807) is 15.5 Å². The van der Waals surface area contributed by atoms with Gasteiger partial charge in [-0.1, -0.05) is 72.5 Å². The van der Waals surface area contributed by atoms with Gasteiger partial charge < -0.3 is 9.47 Å². The molecule has 0 bridgehead atoms. The Bertz CT molecular complexity index is 1340. The molecule has 2 aliphatic rings. The molecule has 0 unspecified atom stereocenters. The lowest BCUT2D eigenvalue weighted by Crippen LogP contribution is -2.30. The Morgan fingerprint density at radius 2 is 1.71 bits per heavy atom. The van der Waals surface area contributed by atoms with Gasteiger partial charge in [0.05, 0.1) is 21.7 Å². The first-order valence-corrected chi connectivity index (χ1v) is 13.0. The molecule has 2 fully saturated rings. The van der Waals surface area contributed by atoms with E-state index in [2.05, 4.69) is 23.1 Å². The van der Waals surface area contributed by atoms with Crippen molar-refractivity contribution in [1.82, 2.24) is 9.47 Å². The summed E-state index contributed by atoms with van der Waals surface area (Å²) in [6.45, 7) is 4.91. The molecule has 2 saturated heterocycles. The number of thioether (sulfide) groups is 1. The molecule has 7 heteroatoms. The molecule has 5 rings (SSSR count). The highest BCUT2D eigenvalue weighted by Gasteiger charge is 2.33. The van der Waals surface area contributed by atoms with E-state index < -0.39 is 0 Å².